The number of rotatable bonds is 8. The van der Waals surface area contributed by atoms with E-state index in [2.05, 4.69) is 5.32 Å². The lowest BCUT2D eigenvalue weighted by Crippen LogP contribution is -2.34. The van der Waals surface area contributed by atoms with Gasteiger partial charge in [0, 0.05) is 19.2 Å². The highest BCUT2D eigenvalue weighted by atomic mass is 32.1. The van der Waals surface area contributed by atoms with Crippen molar-refractivity contribution in [2.75, 3.05) is 13.7 Å². The molecule has 1 aromatic heterocycles. The van der Waals surface area contributed by atoms with E-state index >= 15 is 0 Å². The molecule has 0 saturated carbocycles. The first kappa shape index (κ1) is 17.2. The molecule has 0 aliphatic carbocycles. The van der Waals surface area contributed by atoms with Crippen molar-refractivity contribution in [3.63, 3.8) is 0 Å². The van der Waals surface area contributed by atoms with Crippen LogP contribution in [0.1, 0.15) is 20.8 Å². The molecule has 2 rings (SSSR count). The molecule has 0 aliphatic rings. The first-order chi connectivity index (χ1) is 11.1. The van der Waals surface area contributed by atoms with Gasteiger partial charge in [-0.2, -0.15) is 0 Å². The molecule has 122 valence electrons. The Labute approximate surface area is 138 Å². The summed E-state index contributed by atoms with van der Waals surface area (Å²) in [6.45, 7) is 0.450. The van der Waals surface area contributed by atoms with Crippen molar-refractivity contribution >= 4 is 23.2 Å². The van der Waals surface area contributed by atoms with Crippen molar-refractivity contribution in [1.82, 2.24) is 5.32 Å². The third-order valence-electron chi connectivity index (χ3n) is 3.44. The second-order valence-corrected chi connectivity index (χ2v) is 6.06. The normalized spacial score (nSPS) is 11.9. The Morgan fingerprint density at radius 3 is 2.65 bits per heavy atom. The van der Waals surface area contributed by atoms with Gasteiger partial charge in [0.2, 0.25) is 0 Å². The zero-order valence-corrected chi connectivity index (χ0v) is 13.6. The number of amides is 1. The molecule has 0 radical (unpaired) electrons. The van der Waals surface area contributed by atoms with E-state index in [1.54, 1.807) is 7.11 Å². The zero-order valence-electron chi connectivity index (χ0n) is 12.8. The predicted octanol–water partition coefficient (Wildman–Crippen LogP) is 2.57. The molecule has 2 N–H and O–H groups in total. The van der Waals surface area contributed by atoms with Gasteiger partial charge in [-0.3, -0.25) is 9.59 Å². The van der Waals surface area contributed by atoms with E-state index in [0.717, 1.165) is 11.1 Å². The third-order valence-corrected chi connectivity index (χ3v) is 4.39. The van der Waals surface area contributed by atoms with Crippen molar-refractivity contribution in [2.24, 2.45) is 5.92 Å². The molecule has 1 aromatic carbocycles. The summed E-state index contributed by atoms with van der Waals surface area (Å²) >= 11 is 1.32. The lowest BCUT2D eigenvalue weighted by Gasteiger charge is -2.13. The number of ether oxygens (including phenoxy) is 1. The highest BCUT2D eigenvalue weighted by Gasteiger charge is 2.20. The SMILES string of the molecule is COCc1ccsc1C(=O)NCC(Cc1ccccc1)C(=O)O. The summed E-state index contributed by atoms with van der Waals surface area (Å²) in [4.78, 5) is 24.2. The van der Waals surface area contributed by atoms with Crippen LogP contribution >= 0.6 is 11.3 Å². The minimum absolute atomic E-state index is 0.0907. The van der Waals surface area contributed by atoms with Crippen molar-refractivity contribution in [3.8, 4) is 0 Å². The van der Waals surface area contributed by atoms with Crippen LogP contribution in [0.25, 0.3) is 0 Å². The predicted molar refractivity (Wildman–Crippen MR) is 88.6 cm³/mol. The standard InChI is InChI=1S/C17H19NO4S/c1-22-11-13-7-8-23-15(13)16(19)18-10-14(17(20)21)9-12-5-3-2-4-6-12/h2-8,14H,9-11H2,1H3,(H,18,19)(H,20,21). The maximum Gasteiger partial charge on any atom is 0.308 e. The number of hydrogen-bond acceptors (Lipinski definition) is 4. The molecule has 0 saturated heterocycles. The minimum atomic E-state index is -0.919. The number of carboxylic acid groups (broad SMARTS) is 1. The van der Waals surface area contributed by atoms with E-state index in [0.29, 0.717) is 17.9 Å². The Morgan fingerprint density at radius 2 is 2.00 bits per heavy atom. The first-order valence-corrected chi connectivity index (χ1v) is 8.10. The van der Waals surface area contributed by atoms with Crippen LogP contribution < -0.4 is 5.32 Å². The lowest BCUT2D eigenvalue weighted by atomic mass is 9.99. The number of carbonyl (C=O) groups excluding carboxylic acids is 1. The molecule has 5 nitrogen and oxygen atoms in total. The van der Waals surface area contributed by atoms with Gasteiger partial charge < -0.3 is 15.2 Å². The summed E-state index contributed by atoms with van der Waals surface area (Å²) in [6.07, 6.45) is 0.381. The number of carboxylic acids is 1. The molecule has 23 heavy (non-hydrogen) atoms. The van der Waals surface area contributed by atoms with Crippen LogP contribution in [0.2, 0.25) is 0 Å². The Morgan fingerprint density at radius 1 is 1.26 bits per heavy atom. The number of carbonyl (C=O) groups is 2. The minimum Gasteiger partial charge on any atom is -0.481 e. The van der Waals surface area contributed by atoms with Gasteiger partial charge in [0.05, 0.1) is 17.4 Å². The smallest absolute Gasteiger partial charge is 0.308 e. The van der Waals surface area contributed by atoms with Gasteiger partial charge in [-0.05, 0) is 23.4 Å². The number of benzene rings is 1. The largest absolute Gasteiger partial charge is 0.481 e. The summed E-state index contributed by atoms with van der Waals surface area (Å²) < 4.78 is 5.05. The molecule has 1 amide bonds. The molecule has 0 bridgehead atoms. The number of aliphatic carboxylic acids is 1. The first-order valence-electron chi connectivity index (χ1n) is 7.22. The molecule has 1 heterocycles. The van der Waals surface area contributed by atoms with E-state index in [4.69, 9.17) is 4.74 Å². The molecule has 0 spiro atoms. The summed E-state index contributed by atoms with van der Waals surface area (Å²) in [5.74, 6) is -1.84. The van der Waals surface area contributed by atoms with Gasteiger partial charge in [0.1, 0.15) is 0 Å². The molecular formula is C17H19NO4S. The Balaban J connectivity index is 1.97. The van der Waals surface area contributed by atoms with Crippen LogP contribution in [-0.2, 0) is 22.6 Å². The van der Waals surface area contributed by atoms with E-state index in [1.807, 2.05) is 41.8 Å². The van der Waals surface area contributed by atoms with Crippen LogP contribution in [0.3, 0.4) is 0 Å². The van der Waals surface area contributed by atoms with Crippen LogP contribution in [0.5, 0.6) is 0 Å². The van der Waals surface area contributed by atoms with Crippen molar-refractivity contribution in [2.45, 2.75) is 13.0 Å². The van der Waals surface area contributed by atoms with Crippen molar-refractivity contribution in [1.29, 1.82) is 0 Å². The van der Waals surface area contributed by atoms with Crippen LogP contribution in [0.15, 0.2) is 41.8 Å². The van der Waals surface area contributed by atoms with Crippen molar-refractivity contribution < 1.29 is 19.4 Å². The summed E-state index contributed by atoms with van der Waals surface area (Å²) in [5, 5.41) is 13.9. The number of hydrogen-bond donors (Lipinski definition) is 2. The van der Waals surface area contributed by atoms with E-state index in [9.17, 15) is 14.7 Å². The van der Waals surface area contributed by atoms with E-state index in [1.165, 1.54) is 11.3 Å². The Kier molecular flexibility index (Phi) is 6.31. The average Bonchev–Trinajstić information content (AvgIpc) is 3.00. The fraction of sp³-hybridized carbons (Fsp3) is 0.294. The molecular weight excluding hydrogens is 314 g/mol. The Bertz CT molecular complexity index is 654. The maximum absolute atomic E-state index is 12.2. The fourth-order valence-corrected chi connectivity index (χ4v) is 3.07. The summed E-state index contributed by atoms with van der Waals surface area (Å²) in [7, 11) is 1.57. The fourth-order valence-electron chi connectivity index (χ4n) is 2.25. The van der Waals surface area contributed by atoms with Crippen molar-refractivity contribution in [3.05, 3.63) is 57.8 Å². The quantitative estimate of drug-likeness (QED) is 0.778. The molecule has 1 atom stereocenters. The van der Waals surface area contributed by atoms with Gasteiger partial charge in [0.15, 0.2) is 0 Å². The van der Waals surface area contributed by atoms with Gasteiger partial charge in [-0.25, -0.2) is 0 Å². The Hall–Kier alpha value is -2.18. The van der Waals surface area contributed by atoms with Crippen LogP contribution in [0.4, 0.5) is 0 Å². The van der Waals surface area contributed by atoms with Gasteiger partial charge in [-0.15, -0.1) is 11.3 Å². The summed E-state index contributed by atoms with van der Waals surface area (Å²) in [5.41, 5.74) is 1.75. The maximum atomic E-state index is 12.2. The highest BCUT2D eigenvalue weighted by molar-refractivity contribution is 7.12. The highest BCUT2D eigenvalue weighted by Crippen LogP contribution is 2.18. The second-order valence-electron chi connectivity index (χ2n) is 5.14. The van der Waals surface area contributed by atoms with Gasteiger partial charge >= 0.3 is 5.97 Å². The number of nitrogens with one attached hydrogen (secondary N) is 1. The molecule has 0 aliphatic heterocycles. The van der Waals surface area contributed by atoms with Crippen LogP contribution in [-0.4, -0.2) is 30.6 Å². The molecule has 6 heteroatoms. The molecule has 1 unspecified atom stereocenters. The topological polar surface area (TPSA) is 75.6 Å². The average molecular weight is 333 g/mol. The monoisotopic (exact) mass is 333 g/mol. The zero-order chi connectivity index (χ0) is 16.7. The second kappa shape index (κ2) is 8.45. The van der Waals surface area contributed by atoms with Gasteiger partial charge in [-0.1, -0.05) is 30.3 Å². The summed E-state index contributed by atoms with van der Waals surface area (Å²) in [6, 6.07) is 11.2. The van der Waals surface area contributed by atoms with Gasteiger partial charge in [0.25, 0.3) is 5.91 Å². The van der Waals surface area contributed by atoms with E-state index in [-0.39, 0.29) is 12.5 Å². The van der Waals surface area contributed by atoms with Crippen LogP contribution in [0, 0.1) is 5.92 Å². The lowest BCUT2D eigenvalue weighted by molar-refractivity contribution is -0.141. The molecule has 0 fully saturated rings. The van der Waals surface area contributed by atoms with E-state index < -0.39 is 11.9 Å². The number of methoxy groups -OCH3 is 1. The molecule has 2 aromatic rings. The third kappa shape index (κ3) is 4.91. The number of thiophene rings is 1.